The quantitative estimate of drug-likeness (QED) is 0.603. The number of allylic oxidation sites excluding steroid dienone is 1. The molecular weight excluding hydrogens is 214 g/mol. The van der Waals surface area contributed by atoms with Crippen LogP contribution >= 0.6 is 0 Å². The minimum Gasteiger partial charge on any atom is -0.308 e. The molecule has 2 aromatic rings. The van der Waals surface area contributed by atoms with Crippen molar-refractivity contribution in [2.24, 2.45) is 5.84 Å². The summed E-state index contributed by atoms with van der Waals surface area (Å²) in [7, 11) is 0. The third-order valence-corrected chi connectivity index (χ3v) is 2.90. The molecule has 0 aliphatic carbocycles. The van der Waals surface area contributed by atoms with Gasteiger partial charge in [-0.15, -0.1) is 0 Å². The topological polar surface area (TPSA) is 68.8 Å². The zero-order valence-corrected chi connectivity index (χ0v) is 9.51. The number of aromatic nitrogens is 3. The lowest BCUT2D eigenvalue weighted by molar-refractivity contribution is 1.02. The van der Waals surface area contributed by atoms with Crippen LogP contribution in [0.3, 0.4) is 0 Å². The highest BCUT2D eigenvalue weighted by atomic mass is 15.2. The lowest BCUT2D eigenvalue weighted by Crippen LogP contribution is -2.08. The normalized spacial score (nSPS) is 12.8. The van der Waals surface area contributed by atoms with Gasteiger partial charge in [-0.25, -0.2) is 15.8 Å². The number of nitrogens with two attached hydrogens (primary N) is 1. The van der Waals surface area contributed by atoms with E-state index in [-0.39, 0.29) is 0 Å². The van der Waals surface area contributed by atoms with Crippen molar-refractivity contribution in [2.45, 2.75) is 13.3 Å². The van der Waals surface area contributed by atoms with Crippen molar-refractivity contribution in [3.63, 3.8) is 0 Å². The Morgan fingerprint density at radius 1 is 1.41 bits per heavy atom. The molecule has 5 nitrogen and oxygen atoms in total. The van der Waals surface area contributed by atoms with E-state index in [4.69, 9.17) is 5.84 Å². The molecule has 3 rings (SSSR count). The van der Waals surface area contributed by atoms with Gasteiger partial charge >= 0.3 is 0 Å². The number of nitrogen functional groups attached to an aromatic ring is 1. The maximum atomic E-state index is 5.30. The summed E-state index contributed by atoms with van der Waals surface area (Å²) >= 11 is 0. The number of nitrogens with one attached hydrogen (secondary N) is 1. The number of anilines is 1. The molecule has 1 aliphatic rings. The van der Waals surface area contributed by atoms with Crippen LogP contribution in [0.4, 0.5) is 5.82 Å². The van der Waals surface area contributed by atoms with Gasteiger partial charge in [0.2, 0.25) is 0 Å². The van der Waals surface area contributed by atoms with Crippen molar-refractivity contribution >= 4 is 12.0 Å². The minimum absolute atomic E-state index is 0.656. The van der Waals surface area contributed by atoms with Gasteiger partial charge in [0.15, 0.2) is 0 Å². The standard InChI is InChI=1S/C12H13N5/c1-8-12(17-6-2-3-11(17)15-8)9-4-5-10(16-13)14-7-9/h2,4-7H,3,13H2,1H3,(H,14,16). The van der Waals surface area contributed by atoms with Crippen LogP contribution in [0.25, 0.3) is 17.5 Å². The van der Waals surface area contributed by atoms with Crippen LogP contribution in [0.5, 0.6) is 0 Å². The van der Waals surface area contributed by atoms with E-state index < -0.39 is 0 Å². The van der Waals surface area contributed by atoms with Gasteiger partial charge in [-0.1, -0.05) is 6.08 Å². The molecule has 0 bridgehead atoms. The van der Waals surface area contributed by atoms with E-state index in [2.05, 4.69) is 32.2 Å². The number of pyridine rings is 1. The molecule has 2 aromatic heterocycles. The first-order valence-corrected chi connectivity index (χ1v) is 5.47. The van der Waals surface area contributed by atoms with Crippen molar-refractivity contribution in [3.05, 3.63) is 35.9 Å². The molecular formula is C12H13N5. The highest BCUT2D eigenvalue weighted by molar-refractivity contribution is 5.67. The van der Waals surface area contributed by atoms with Gasteiger partial charge < -0.3 is 9.99 Å². The van der Waals surface area contributed by atoms with Gasteiger partial charge in [0, 0.05) is 24.4 Å². The van der Waals surface area contributed by atoms with Crippen LogP contribution in [0.15, 0.2) is 24.4 Å². The van der Waals surface area contributed by atoms with E-state index in [1.807, 2.05) is 19.1 Å². The molecule has 0 saturated heterocycles. The molecule has 0 spiro atoms. The largest absolute Gasteiger partial charge is 0.308 e. The molecule has 0 fully saturated rings. The number of hydrogen-bond donors (Lipinski definition) is 2. The SMILES string of the molecule is Cc1nc2n(c1-c1ccc(NN)nc1)C=CC2. The summed E-state index contributed by atoms with van der Waals surface area (Å²) in [6.45, 7) is 2.02. The highest BCUT2D eigenvalue weighted by Crippen LogP contribution is 2.27. The van der Waals surface area contributed by atoms with Crippen LogP contribution in [-0.4, -0.2) is 14.5 Å². The van der Waals surface area contributed by atoms with E-state index in [0.717, 1.165) is 29.2 Å². The molecule has 0 atom stereocenters. The molecule has 3 heterocycles. The number of fused-ring (bicyclic) bond motifs is 1. The summed E-state index contributed by atoms with van der Waals surface area (Å²) in [6, 6.07) is 3.85. The van der Waals surface area contributed by atoms with E-state index in [1.165, 1.54) is 0 Å². The predicted molar refractivity (Wildman–Crippen MR) is 67.0 cm³/mol. The number of aryl methyl sites for hydroxylation is 1. The van der Waals surface area contributed by atoms with Crippen LogP contribution < -0.4 is 11.3 Å². The summed E-state index contributed by atoms with van der Waals surface area (Å²) < 4.78 is 2.11. The van der Waals surface area contributed by atoms with E-state index >= 15 is 0 Å². The van der Waals surface area contributed by atoms with Crippen molar-refractivity contribution in [2.75, 3.05) is 5.43 Å². The smallest absolute Gasteiger partial charge is 0.139 e. The number of imidazole rings is 1. The summed E-state index contributed by atoms with van der Waals surface area (Å²) in [6.07, 6.45) is 6.86. The van der Waals surface area contributed by atoms with Gasteiger partial charge in [0.1, 0.15) is 11.6 Å². The fraction of sp³-hybridized carbons (Fsp3) is 0.167. The predicted octanol–water partition coefficient (Wildman–Crippen LogP) is 1.57. The Kier molecular flexibility index (Phi) is 2.19. The molecule has 0 saturated carbocycles. The lowest BCUT2D eigenvalue weighted by Gasteiger charge is -2.05. The molecule has 0 aromatic carbocycles. The van der Waals surface area contributed by atoms with Gasteiger partial charge in [-0.3, -0.25) is 0 Å². The first-order chi connectivity index (χ1) is 8.29. The van der Waals surface area contributed by atoms with E-state index in [0.29, 0.717) is 5.82 Å². The second-order valence-electron chi connectivity index (χ2n) is 4.00. The molecule has 1 aliphatic heterocycles. The number of nitrogens with zero attached hydrogens (tertiary/aromatic N) is 3. The maximum absolute atomic E-state index is 5.30. The van der Waals surface area contributed by atoms with Crippen molar-refractivity contribution in [1.82, 2.24) is 14.5 Å². The Balaban J connectivity index is 2.11. The van der Waals surface area contributed by atoms with Gasteiger partial charge in [0.05, 0.1) is 11.4 Å². The number of rotatable bonds is 2. The fourth-order valence-electron chi connectivity index (χ4n) is 2.14. The number of hydrogen-bond acceptors (Lipinski definition) is 4. The van der Waals surface area contributed by atoms with E-state index in [9.17, 15) is 0 Å². The summed E-state index contributed by atoms with van der Waals surface area (Å²) in [5.41, 5.74) is 5.70. The van der Waals surface area contributed by atoms with Gasteiger partial charge in [-0.05, 0) is 19.1 Å². The highest BCUT2D eigenvalue weighted by Gasteiger charge is 2.16. The summed E-state index contributed by atoms with van der Waals surface area (Å²) in [5.74, 6) is 7.04. The van der Waals surface area contributed by atoms with Crippen molar-refractivity contribution < 1.29 is 0 Å². The molecule has 0 radical (unpaired) electrons. The average Bonchev–Trinajstić information content (AvgIpc) is 2.89. The first kappa shape index (κ1) is 10.0. The summed E-state index contributed by atoms with van der Waals surface area (Å²) in [4.78, 5) is 8.76. The minimum atomic E-state index is 0.656. The molecule has 86 valence electrons. The zero-order chi connectivity index (χ0) is 11.8. The van der Waals surface area contributed by atoms with Crippen molar-refractivity contribution in [1.29, 1.82) is 0 Å². The Labute approximate surface area is 99.0 Å². The fourth-order valence-corrected chi connectivity index (χ4v) is 2.14. The second-order valence-corrected chi connectivity index (χ2v) is 4.00. The Bertz CT molecular complexity index is 580. The van der Waals surface area contributed by atoms with Crippen LogP contribution in [-0.2, 0) is 6.42 Å². The second kappa shape index (κ2) is 3.71. The number of hydrazine groups is 1. The van der Waals surface area contributed by atoms with Crippen LogP contribution in [0.1, 0.15) is 11.5 Å². The zero-order valence-electron chi connectivity index (χ0n) is 9.51. The first-order valence-electron chi connectivity index (χ1n) is 5.47. The third-order valence-electron chi connectivity index (χ3n) is 2.90. The Morgan fingerprint density at radius 3 is 3.00 bits per heavy atom. The molecule has 3 N–H and O–H groups in total. The Morgan fingerprint density at radius 2 is 2.29 bits per heavy atom. The maximum Gasteiger partial charge on any atom is 0.139 e. The van der Waals surface area contributed by atoms with Crippen LogP contribution in [0.2, 0.25) is 0 Å². The molecule has 0 amide bonds. The molecule has 17 heavy (non-hydrogen) atoms. The van der Waals surface area contributed by atoms with E-state index in [1.54, 1.807) is 6.20 Å². The van der Waals surface area contributed by atoms with Crippen LogP contribution in [0, 0.1) is 6.92 Å². The third kappa shape index (κ3) is 1.52. The average molecular weight is 227 g/mol. The monoisotopic (exact) mass is 227 g/mol. The van der Waals surface area contributed by atoms with Gasteiger partial charge in [-0.2, -0.15) is 0 Å². The van der Waals surface area contributed by atoms with Gasteiger partial charge in [0.25, 0.3) is 0 Å². The Hall–Kier alpha value is -2.14. The summed E-state index contributed by atoms with van der Waals surface area (Å²) in [5, 5.41) is 0. The lowest BCUT2D eigenvalue weighted by atomic mass is 10.2. The van der Waals surface area contributed by atoms with Crippen molar-refractivity contribution in [3.8, 4) is 11.3 Å². The molecule has 0 unspecified atom stereocenters. The molecule has 5 heteroatoms.